The average molecular weight is 491 g/mol. The minimum atomic E-state index is -3.73. The highest BCUT2D eigenvalue weighted by Crippen LogP contribution is 2.28. The van der Waals surface area contributed by atoms with E-state index >= 15 is 0 Å². The van der Waals surface area contributed by atoms with Gasteiger partial charge in [-0.3, -0.25) is 9.69 Å². The molecule has 10 heteroatoms. The number of ether oxygens (including phenoxy) is 1. The molecule has 2 fully saturated rings. The lowest BCUT2D eigenvalue weighted by Crippen LogP contribution is -2.53. The predicted octanol–water partition coefficient (Wildman–Crippen LogP) is 2.09. The molecule has 2 aromatic rings. The Morgan fingerprint density at radius 1 is 1.12 bits per heavy atom. The second-order valence-corrected chi connectivity index (χ2v) is 11.0. The molecule has 1 amide bonds. The first-order valence-electron chi connectivity index (χ1n) is 11.9. The van der Waals surface area contributed by atoms with Gasteiger partial charge in [-0.2, -0.15) is 4.31 Å². The number of piperidine rings is 1. The van der Waals surface area contributed by atoms with E-state index in [9.17, 15) is 13.2 Å². The van der Waals surface area contributed by atoms with E-state index in [-0.39, 0.29) is 29.0 Å². The number of carbonyl (C=O) groups excluding carboxylic acids is 1. The van der Waals surface area contributed by atoms with Crippen LogP contribution < -0.4 is 4.74 Å². The summed E-state index contributed by atoms with van der Waals surface area (Å²) in [5, 5.41) is 3.79. The number of rotatable bonds is 7. The Labute approximate surface area is 201 Å². The van der Waals surface area contributed by atoms with Gasteiger partial charge >= 0.3 is 0 Å². The minimum Gasteiger partial charge on any atom is -0.497 e. The van der Waals surface area contributed by atoms with Crippen LogP contribution in [-0.4, -0.2) is 86.5 Å². The second-order valence-electron chi connectivity index (χ2n) is 9.12. The number of nitrogens with zero attached hydrogens (tertiary/aromatic N) is 4. The third-order valence-electron chi connectivity index (χ3n) is 6.86. The number of benzene rings is 1. The summed E-state index contributed by atoms with van der Waals surface area (Å²) in [7, 11) is -2.07. The van der Waals surface area contributed by atoms with E-state index in [1.165, 1.54) is 9.87 Å². The Morgan fingerprint density at radius 2 is 1.82 bits per heavy atom. The van der Waals surface area contributed by atoms with Crippen LogP contribution in [0.3, 0.4) is 0 Å². The highest BCUT2D eigenvalue weighted by atomic mass is 32.2. The van der Waals surface area contributed by atoms with Gasteiger partial charge in [-0.1, -0.05) is 17.3 Å². The maximum atomic E-state index is 13.2. The minimum absolute atomic E-state index is 0.0634. The van der Waals surface area contributed by atoms with Crippen molar-refractivity contribution < 1.29 is 22.5 Å². The van der Waals surface area contributed by atoms with Crippen LogP contribution in [0.15, 0.2) is 33.7 Å². The number of carbonyl (C=O) groups is 1. The Morgan fingerprint density at radius 3 is 2.44 bits per heavy atom. The molecule has 2 saturated heterocycles. The highest BCUT2D eigenvalue weighted by molar-refractivity contribution is 7.89. The molecule has 0 N–H and O–H groups in total. The van der Waals surface area contributed by atoms with E-state index in [1.807, 2.05) is 17.0 Å². The number of sulfonamides is 1. The fourth-order valence-corrected chi connectivity index (χ4v) is 6.68. The summed E-state index contributed by atoms with van der Waals surface area (Å²) in [5.74, 6) is 0.900. The monoisotopic (exact) mass is 490 g/mol. The number of hydrogen-bond donors (Lipinski definition) is 0. The van der Waals surface area contributed by atoms with E-state index in [1.54, 1.807) is 21.0 Å². The number of aryl methyl sites for hydroxylation is 2. The first-order chi connectivity index (χ1) is 16.3. The van der Waals surface area contributed by atoms with Crippen molar-refractivity contribution in [3.05, 3.63) is 41.3 Å². The zero-order valence-electron chi connectivity index (χ0n) is 20.2. The lowest BCUT2D eigenvalue weighted by atomic mass is 9.97. The molecule has 1 aromatic heterocycles. The van der Waals surface area contributed by atoms with Gasteiger partial charge in [0.1, 0.15) is 16.3 Å². The molecule has 4 rings (SSSR count). The number of hydrogen-bond acceptors (Lipinski definition) is 7. The van der Waals surface area contributed by atoms with Crippen molar-refractivity contribution in [1.29, 1.82) is 0 Å². The lowest BCUT2D eigenvalue weighted by Gasteiger charge is -2.38. The van der Waals surface area contributed by atoms with Gasteiger partial charge in [-0.15, -0.1) is 0 Å². The first-order valence-corrected chi connectivity index (χ1v) is 13.3. The lowest BCUT2D eigenvalue weighted by molar-refractivity contribution is -0.138. The van der Waals surface area contributed by atoms with Crippen molar-refractivity contribution in [3.8, 4) is 5.75 Å². The molecule has 3 heterocycles. The van der Waals surface area contributed by atoms with Gasteiger partial charge in [0.2, 0.25) is 15.9 Å². The van der Waals surface area contributed by atoms with Crippen LogP contribution >= 0.6 is 0 Å². The zero-order chi connectivity index (χ0) is 24.3. The third-order valence-corrected chi connectivity index (χ3v) is 8.97. The molecular weight excluding hydrogens is 456 g/mol. The van der Waals surface area contributed by atoms with Crippen LogP contribution in [0.25, 0.3) is 0 Å². The van der Waals surface area contributed by atoms with Crippen LogP contribution in [0.4, 0.5) is 0 Å². The standard InChI is InChI=1S/C24H34N4O5S/c1-18-23(19(2)33-25-18)34(30,31)28-11-4-5-21(17-28)24(29)27-15-13-26(14-16-27)12-10-20-6-8-22(32-3)9-7-20/h6-9,21H,4-5,10-17H2,1-3H3. The third kappa shape index (κ3) is 5.29. The van der Waals surface area contributed by atoms with Gasteiger partial charge in [-0.05, 0) is 50.8 Å². The summed E-state index contributed by atoms with van der Waals surface area (Å²) in [6.07, 6.45) is 2.33. The SMILES string of the molecule is COc1ccc(CCN2CCN(C(=O)C3CCCN(S(=O)(=O)c4c(C)noc4C)C3)CC2)cc1. The Balaban J connectivity index is 1.29. The predicted molar refractivity (Wildman–Crippen MR) is 127 cm³/mol. The summed E-state index contributed by atoms with van der Waals surface area (Å²) < 4.78 is 38.1. The van der Waals surface area contributed by atoms with E-state index in [2.05, 4.69) is 22.2 Å². The van der Waals surface area contributed by atoms with Gasteiger partial charge in [-0.25, -0.2) is 8.42 Å². The van der Waals surface area contributed by atoms with Gasteiger partial charge in [0.15, 0.2) is 5.76 Å². The second kappa shape index (κ2) is 10.5. The molecule has 0 saturated carbocycles. The molecule has 1 aromatic carbocycles. The molecule has 0 bridgehead atoms. The average Bonchev–Trinajstić information content (AvgIpc) is 3.21. The fraction of sp³-hybridized carbons (Fsp3) is 0.583. The number of amides is 1. The molecule has 2 aliphatic heterocycles. The molecule has 1 unspecified atom stereocenters. The number of methoxy groups -OCH3 is 1. The summed E-state index contributed by atoms with van der Waals surface area (Å²) in [6, 6.07) is 8.13. The fourth-order valence-electron chi connectivity index (χ4n) is 4.86. The van der Waals surface area contributed by atoms with Crippen molar-refractivity contribution in [3.63, 3.8) is 0 Å². The van der Waals surface area contributed by atoms with Crippen LogP contribution in [0.2, 0.25) is 0 Å². The molecule has 0 spiro atoms. The van der Waals surface area contributed by atoms with Gasteiger partial charge in [0.05, 0.1) is 13.0 Å². The van der Waals surface area contributed by atoms with Crippen molar-refractivity contribution in [2.45, 2.75) is 38.0 Å². The van der Waals surface area contributed by atoms with Crippen LogP contribution in [-0.2, 0) is 21.2 Å². The van der Waals surface area contributed by atoms with Crippen LogP contribution in [0.1, 0.15) is 29.9 Å². The van der Waals surface area contributed by atoms with Gasteiger partial charge in [0, 0.05) is 45.8 Å². The topological polar surface area (TPSA) is 96.2 Å². The molecule has 9 nitrogen and oxygen atoms in total. The van der Waals surface area contributed by atoms with Crippen molar-refractivity contribution in [2.75, 3.05) is 52.9 Å². The normalized spacial score (nSPS) is 20.4. The summed E-state index contributed by atoms with van der Waals surface area (Å²) >= 11 is 0. The van der Waals surface area contributed by atoms with E-state index in [0.717, 1.165) is 31.8 Å². The van der Waals surface area contributed by atoms with E-state index in [4.69, 9.17) is 9.26 Å². The molecule has 0 radical (unpaired) electrons. The quantitative estimate of drug-likeness (QED) is 0.586. The largest absolute Gasteiger partial charge is 0.497 e. The Hall–Kier alpha value is -2.43. The van der Waals surface area contributed by atoms with Crippen LogP contribution in [0, 0.1) is 19.8 Å². The van der Waals surface area contributed by atoms with E-state index < -0.39 is 10.0 Å². The Bertz CT molecular complexity index is 1070. The smallest absolute Gasteiger partial charge is 0.248 e. The first kappa shape index (κ1) is 24.7. The molecule has 0 aliphatic carbocycles. The van der Waals surface area contributed by atoms with Crippen molar-refractivity contribution in [1.82, 2.24) is 19.3 Å². The molecule has 2 aliphatic rings. The molecule has 34 heavy (non-hydrogen) atoms. The summed E-state index contributed by atoms with van der Waals surface area (Å²) in [5.41, 5.74) is 1.62. The van der Waals surface area contributed by atoms with Gasteiger partial charge < -0.3 is 14.2 Å². The van der Waals surface area contributed by atoms with E-state index in [0.29, 0.717) is 38.2 Å². The van der Waals surface area contributed by atoms with Crippen LogP contribution in [0.5, 0.6) is 5.75 Å². The van der Waals surface area contributed by atoms with Crippen molar-refractivity contribution in [2.24, 2.45) is 5.92 Å². The number of piperazine rings is 1. The maximum Gasteiger partial charge on any atom is 0.248 e. The molecule has 186 valence electrons. The Kier molecular flexibility index (Phi) is 7.59. The number of aromatic nitrogens is 1. The molecular formula is C24H34N4O5S. The zero-order valence-corrected chi connectivity index (χ0v) is 21.0. The van der Waals surface area contributed by atoms with Crippen molar-refractivity contribution >= 4 is 15.9 Å². The summed E-state index contributed by atoms with van der Waals surface area (Å²) in [6.45, 7) is 7.81. The maximum absolute atomic E-state index is 13.2. The summed E-state index contributed by atoms with van der Waals surface area (Å²) in [4.78, 5) is 17.6. The molecule has 1 atom stereocenters. The van der Waals surface area contributed by atoms with Gasteiger partial charge in [0.25, 0.3) is 0 Å². The highest BCUT2D eigenvalue weighted by Gasteiger charge is 2.38.